The average Bonchev–Trinajstić information content (AvgIpc) is 3.17. The Hall–Kier alpha value is -1.09. The Kier molecular flexibility index (Phi) is 2.81. The van der Waals surface area contributed by atoms with Crippen molar-refractivity contribution in [2.75, 3.05) is 18.0 Å². The molecule has 1 heterocycles. The van der Waals surface area contributed by atoms with Crippen molar-refractivity contribution in [3.05, 3.63) is 30.1 Å². The second kappa shape index (κ2) is 4.23. The van der Waals surface area contributed by atoms with E-state index in [0.717, 1.165) is 24.7 Å². The molecule has 1 saturated carbocycles. The van der Waals surface area contributed by atoms with Gasteiger partial charge in [-0.3, -0.25) is 0 Å². The summed E-state index contributed by atoms with van der Waals surface area (Å²) in [5.41, 5.74) is 1.20. The second-order valence-corrected chi connectivity index (χ2v) is 6.03. The fourth-order valence-electron chi connectivity index (χ4n) is 3.05. The third-order valence-electron chi connectivity index (χ3n) is 4.45. The molecule has 1 aromatic rings. The highest BCUT2D eigenvalue weighted by Crippen LogP contribution is 2.42. The third kappa shape index (κ3) is 2.12. The number of hydrogen-bond donors (Lipinski definition) is 1. The Morgan fingerprint density at radius 3 is 2.83 bits per heavy atom. The molecular weight excluding hydrogens is 227 g/mol. The first-order valence-electron chi connectivity index (χ1n) is 6.86. The van der Waals surface area contributed by atoms with Gasteiger partial charge in [0.25, 0.3) is 0 Å². The fraction of sp³-hybridized carbons (Fsp3) is 0.600. The molecule has 0 radical (unpaired) electrons. The van der Waals surface area contributed by atoms with Gasteiger partial charge in [0.15, 0.2) is 0 Å². The number of piperazine rings is 1. The predicted molar refractivity (Wildman–Crippen MR) is 72.3 cm³/mol. The van der Waals surface area contributed by atoms with Crippen LogP contribution in [0, 0.1) is 11.7 Å². The summed E-state index contributed by atoms with van der Waals surface area (Å²) in [6, 6.07) is 7.39. The van der Waals surface area contributed by atoms with E-state index < -0.39 is 0 Å². The lowest BCUT2D eigenvalue weighted by Gasteiger charge is -2.46. The van der Waals surface area contributed by atoms with Crippen LogP contribution in [-0.2, 0) is 0 Å². The van der Waals surface area contributed by atoms with Gasteiger partial charge >= 0.3 is 0 Å². The first-order chi connectivity index (χ1) is 8.58. The van der Waals surface area contributed by atoms with Crippen molar-refractivity contribution < 1.29 is 4.39 Å². The zero-order valence-electron chi connectivity index (χ0n) is 11.1. The minimum absolute atomic E-state index is 0.147. The monoisotopic (exact) mass is 248 g/mol. The molecular formula is C15H21FN2. The number of benzene rings is 1. The SMILES string of the molecule is CC1CNC(C)(C2CC2)CN1c1cccc(F)c1. The Morgan fingerprint density at radius 1 is 1.39 bits per heavy atom. The van der Waals surface area contributed by atoms with E-state index in [0.29, 0.717) is 6.04 Å². The summed E-state index contributed by atoms with van der Waals surface area (Å²) in [7, 11) is 0. The van der Waals surface area contributed by atoms with E-state index in [2.05, 4.69) is 24.1 Å². The molecule has 1 aliphatic heterocycles. The van der Waals surface area contributed by atoms with Gasteiger partial charge in [-0.05, 0) is 50.8 Å². The largest absolute Gasteiger partial charge is 0.366 e. The second-order valence-electron chi connectivity index (χ2n) is 6.03. The number of nitrogens with zero attached hydrogens (tertiary/aromatic N) is 1. The smallest absolute Gasteiger partial charge is 0.125 e. The summed E-state index contributed by atoms with van der Waals surface area (Å²) in [6.07, 6.45) is 2.66. The molecule has 3 heteroatoms. The van der Waals surface area contributed by atoms with Gasteiger partial charge < -0.3 is 10.2 Å². The summed E-state index contributed by atoms with van der Waals surface area (Å²) >= 11 is 0. The van der Waals surface area contributed by atoms with E-state index in [-0.39, 0.29) is 11.4 Å². The average molecular weight is 248 g/mol. The molecule has 0 bridgehead atoms. The predicted octanol–water partition coefficient (Wildman–Crippen LogP) is 2.79. The van der Waals surface area contributed by atoms with Crippen LogP contribution in [0.1, 0.15) is 26.7 Å². The molecule has 3 rings (SSSR count). The van der Waals surface area contributed by atoms with Gasteiger partial charge in [-0.2, -0.15) is 0 Å². The highest BCUT2D eigenvalue weighted by molar-refractivity contribution is 5.49. The Balaban J connectivity index is 1.85. The van der Waals surface area contributed by atoms with Gasteiger partial charge in [-0.1, -0.05) is 6.07 Å². The minimum Gasteiger partial charge on any atom is -0.366 e. The summed E-state index contributed by atoms with van der Waals surface area (Å²) in [6.45, 7) is 6.46. The van der Waals surface area contributed by atoms with Gasteiger partial charge in [0.1, 0.15) is 5.82 Å². The Bertz CT molecular complexity index is 444. The van der Waals surface area contributed by atoms with E-state index in [4.69, 9.17) is 0 Å². The molecule has 1 saturated heterocycles. The molecule has 1 N–H and O–H groups in total. The summed E-state index contributed by atoms with van der Waals surface area (Å²) < 4.78 is 13.4. The highest BCUT2D eigenvalue weighted by atomic mass is 19.1. The van der Waals surface area contributed by atoms with Crippen LogP contribution in [0.2, 0.25) is 0 Å². The lowest BCUT2D eigenvalue weighted by Crippen LogP contribution is -2.63. The van der Waals surface area contributed by atoms with E-state index in [1.807, 2.05) is 6.07 Å². The van der Waals surface area contributed by atoms with Gasteiger partial charge in [0.05, 0.1) is 0 Å². The summed E-state index contributed by atoms with van der Waals surface area (Å²) in [5, 5.41) is 3.69. The van der Waals surface area contributed by atoms with E-state index >= 15 is 0 Å². The van der Waals surface area contributed by atoms with Gasteiger partial charge in [-0.15, -0.1) is 0 Å². The minimum atomic E-state index is -0.147. The fourth-order valence-corrected chi connectivity index (χ4v) is 3.05. The first kappa shape index (κ1) is 12.0. The van der Waals surface area contributed by atoms with Crippen molar-refractivity contribution in [3.8, 4) is 0 Å². The van der Waals surface area contributed by atoms with Crippen LogP contribution >= 0.6 is 0 Å². The molecule has 1 aromatic carbocycles. The topological polar surface area (TPSA) is 15.3 Å². The molecule has 2 aliphatic rings. The molecule has 2 nitrogen and oxygen atoms in total. The van der Waals surface area contributed by atoms with Crippen LogP contribution in [-0.4, -0.2) is 24.7 Å². The van der Waals surface area contributed by atoms with E-state index in [1.165, 1.54) is 18.9 Å². The zero-order valence-corrected chi connectivity index (χ0v) is 11.1. The molecule has 0 aromatic heterocycles. The number of halogens is 1. The first-order valence-corrected chi connectivity index (χ1v) is 6.86. The van der Waals surface area contributed by atoms with Crippen LogP contribution in [0.25, 0.3) is 0 Å². The van der Waals surface area contributed by atoms with Crippen molar-refractivity contribution in [1.29, 1.82) is 0 Å². The molecule has 2 unspecified atom stereocenters. The maximum atomic E-state index is 13.4. The molecule has 18 heavy (non-hydrogen) atoms. The Morgan fingerprint density at radius 2 is 2.17 bits per heavy atom. The van der Waals surface area contributed by atoms with Crippen LogP contribution in [0.3, 0.4) is 0 Å². The lowest BCUT2D eigenvalue weighted by atomic mass is 9.91. The van der Waals surface area contributed by atoms with Crippen molar-refractivity contribution in [2.24, 2.45) is 5.92 Å². The molecule has 0 amide bonds. The summed E-state index contributed by atoms with van der Waals surface area (Å²) in [5.74, 6) is 0.646. The normalized spacial score (nSPS) is 32.6. The van der Waals surface area contributed by atoms with E-state index in [1.54, 1.807) is 12.1 Å². The molecule has 2 fully saturated rings. The number of nitrogens with one attached hydrogen (secondary N) is 1. The quantitative estimate of drug-likeness (QED) is 0.865. The highest BCUT2D eigenvalue weighted by Gasteiger charge is 2.45. The van der Waals surface area contributed by atoms with E-state index in [9.17, 15) is 4.39 Å². The maximum Gasteiger partial charge on any atom is 0.125 e. The van der Waals surface area contributed by atoms with Crippen LogP contribution < -0.4 is 10.2 Å². The molecule has 2 atom stereocenters. The zero-order chi connectivity index (χ0) is 12.8. The number of hydrogen-bond acceptors (Lipinski definition) is 2. The van der Waals surface area contributed by atoms with Crippen molar-refractivity contribution in [1.82, 2.24) is 5.32 Å². The number of anilines is 1. The van der Waals surface area contributed by atoms with Crippen molar-refractivity contribution in [3.63, 3.8) is 0 Å². The van der Waals surface area contributed by atoms with Gasteiger partial charge in [0.2, 0.25) is 0 Å². The summed E-state index contributed by atoms with van der Waals surface area (Å²) in [4.78, 5) is 2.35. The number of rotatable bonds is 2. The van der Waals surface area contributed by atoms with Crippen molar-refractivity contribution >= 4 is 5.69 Å². The van der Waals surface area contributed by atoms with Gasteiger partial charge in [0, 0.05) is 30.4 Å². The molecule has 1 aliphatic carbocycles. The molecule has 98 valence electrons. The molecule has 0 spiro atoms. The van der Waals surface area contributed by atoms with Crippen LogP contribution in [0.5, 0.6) is 0 Å². The lowest BCUT2D eigenvalue weighted by molar-refractivity contribution is 0.260. The van der Waals surface area contributed by atoms with Crippen LogP contribution in [0.4, 0.5) is 10.1 Å². The maximum absolute atomic E-state index is 13.4. The van der Waals surface area contributed by atoms with Gasteiger partial charge in [-0.25, -0.2) is 4.39 Å². The third-order valence-corrected chi connectivity index (χ3v) is 4.45. The standard InChI is InChI=1S/C15H21FN2/c1-11-9-17-15(2,12-6-7-12)10-18(11)14-5-3-4-13(16)8-14/h3-5,8,11-12,17H,6-7,9-10H2,1-2H3. The van der Waals surface area contributed by atoms with Crippen molar-refractivity contribution in [2.45, 2.75) is 38.3 Å². The Labute approximate surface area is 108 Å². The van der Waals surface area contributed by atoms with Crippen LogP contribution in [0.15, 0.2) is 24.3 Å².